The number of carbonyl (C=O) groups excluding carboxylic acids is 1. The molecule has 0 radical (unpaired) electrons. The van der Waals surface area contributed by atoms with E-state index in [1.165, 1.54) is 34.1 Å². The zero-order chi connectivity index (χ0) is 21.3. The number of β-amino-alcohol motifs (C(OH)–C–C–N with tert-alkyl or cyclic N) is 1. The van der Waals surface area contributed by atoms with Gasteiger partial charge in [-0.2, -0.15) is 0 Å². The lowest BCUT2D eigenvalue weighted by atomic mass is 9.94. The molecule has 2 aromatic carbocycles. The first-order valence-electron chi connectivity index (χ1n) is 9.37. The quantitative estimate of drug-likeness (QED) is 0.498. The monoisotopic (exact) mass is 426 g/mol. The Morgan fingerprint density at radius 2 is 2.13 bits per heavy atom. The number of likely N-dealkylation sites (tertiary alicyclic amines) is 1. The van der Waals surface area contributed by atoms with Gasteiger partial charge in [-0.05, 0) is 36.2 Å². The number of nitro groups is 1. The smallest absolute Gasteiger partial charge is 0.294 e. The molecule has 30 heavy (non-hydrogen) atoms. The fourth-order valence-corrected chi connectivity index (χ4v) is 4.02. The summed E-state index contributed by atoms with van der Waals surface area (Å²) in [5, 5.41) is 23.1. The van der Waals surface area contributed by atoms with Crippen LogP contribution in [0.4, 0.5) is 5.69 Å². The Morgan fingerprint density at radius 1 is 1.30 bits per heavy atom. The number of hydrogen-bond acceptors (Lipinski definition) is 5. The maximum absolute atomic E-state index is 13.0. The van der Waals surface area contributed by atoms with Gasteiger partial charge in [0, 0.05) is 42.0 Å². The van der Waals surface area contributed by atoms with E-state index in [9.17, 15) is 20.0 Å². The number of rotatable bonds is 5. The topological polar surface area (TPSA) is 102 Å². The average molecular weight is 427 g/mol. The molecule has 1 aliphatic heterocycles. The van der Waals surface area contributed by atoms with E-state index in [-0.39, 0.29) is 23.7 Å². The van der Waals surface area contributed by atoms with Gasteiger partial charge in [0.25, 0.3) is 11.6 Å². The minimum absolute atomic E-state index is 0.148. The Morgan fingerprint density at radius 3 is 2.83 bits per heavy atom. The van der Waals surface area contributed by atoms with Crippen molar-refractivity contribution in [2.45, 2.75) is 18.4 Å². The number of nitrogens with zero attached hydrogens (tertiary/aromatic N) is 4. The Labute approximate surface area is 177 Å². The number of nitro benzene ring substituents is 1. The lowest BCUT2D eigenvalue weighted by Gasteiger charge is -2.23. The van der Waals surface area contributed by atoms with Crippen LogP contribution in [0.3, 0.4) is 0 Å². The van der Waals surface area contributed by atoms with Crippen molar-refractivity contribution < 1.29 is 14.8 Å². The molecule has 0 unspecified atom stereocenters. The first-order valence-corrected chi connectivity index (χ1v) is 9.75. The molecule has 1 N–H and O–H groups in total. The molecule has 1 fully saturated rings. The van der Waals surface area contributed by atoms with Crippen molar-refractivity contribution in [3.05, 3.63) is 87.4 Å². The molecule has 1 aromatic heterocycles. The summed E-state index contributed by atoms with van der Waals surface area (Å²) in [7, 11) is 0. The number of aromatic nitrogens is 2. The second kappa shape index (κ2) is 7.89. The standard InChI is InChI=1S/C21H19ClN4O4/c22-17-3-1-2-15(10-17)12-21(28)6-8-24(13-21)20(27)16-4-5-18(19(11-16)26(29)30)25-9-7-23-14-25/h1-5,7,9-11,14,28H,6,8,12-13H2/t21-/m1/s1. The Hall–Kier alpha value is -3.23. The van der Waals surface area contributed by atoms with Crippen molar-refractivity contribution >= 4 is 23.2 Å². The summed E-state index contributed by atoms with van der Waals surface area (Å²) in [5.74, 6) is -0.350. The number of imidazole rings is 1. The minimum atomic E-state index is -1.07. The Bertz CT molecular complexity index is 1100. The molecular formula is C21H19ClN4O4. The van der Waals surface area contributed by atoms with E-state index in [1.54, 1.807) is 24.4 Å². The zero-order valence-corrected chi connectivity index (χ0v) is 16.7. The highest BCUT2D eigenvalue weighted by Crippen LogP contribution is 2.29. The third kappa shape index (κ3) is 4.05. The van der Waals surface area contributed by atoms with Crippen LogP contribution in [0.15, 0.2) is 61.2 Å². The highest BCUT2D eigenvalue weighted by atomic mass is 35.5. The van der Waals surface area contributed by atoms with Gasteiger partial charge in [-0.25, -0.2) is 4.98 Å². The van der Waals surface area contributed by atoms with Crippen molar-refractivity contribution in [1.82, 2.24) is 14.5 Å². The normalized spacial score (nSPS) is 18.5. The molecule has 3 aromatic rings. The summed E-state index contributed by atoms with van der Waals surface area (Å²) in [4.78, 5) is 29.4. The molecule has 2 heterocycles. The number of aliphatic hydroxyl groups is 1. The summed E-state index contributed by atoms with van der Waals surface area (Å²) < 4.78 is 1.52. The highest BCUT2D eigenvalue weighted by molar-refractivity contribution is 6.30. The average Bonchev–Trinajstić information content (AvgIpc) is 3.37. The van der Waals surface area contributed by atoms with Crippen LogP contribution in [-0.4, -0.2) is 49.1 Å². The molecule has 1 amide bonds. The Kier molecular flexibility index (Phi) is 5.27. The van der Waals surface area contributed by atoms with E-state index in [1.807, 2.05) is 12.1 Å². The van der Waals surface area contributed by atoms with Gasteiger partial charge in [0.2, 0.25) is 0 Å². The van der Waals surface area contributed by atoms with Gasteiger partial charge in [-0.3, -0.25) is 14.9 Å². The molecule has 1 saturated heterocycles. The number of halogens is 1. The van der Waals surface area contributed by atoms with Crippen LogP contribution in [-0.2, 0) is 6.42 Å². The van der Waals surface area contributed by atoms with Crippen molar-refractivity contribution in [2.24, 2.45) is 0 Å². The number of benzene rings is 2. The molecule has 8 nitrogen and oxygen atoms in total. The third-order valence-corrected chi connectivity index (χ3v) is 5.48. The summed E-state index contributed by atoms with van der Waals surface area (Å²) >= 11 is 6.02. The lowest BCUT2D eigenvalue weighted by Crippen LogP contribution is -2.37. The maximum Gasteiger partial charge on any atom is 0.294 e. The van der Waals surface area contributed by atoms with Gasteiger partial charge in [0.05, 0.1) is 23.4 Å². The Balaban J connectivity index is 1.53. The van der Waals surface area contributed by atoms with Gasteiger partial charge in [-0.15, -0.1) is 0 Å². The highest BCUT2D eigenvalue weighted by Gasteiger charge is 2.38. The molecule has 0 aliphatic carbocycles. The van der Waals surface area contributed by atoms with Crippen LogP contribution in [0, 0.1) is 10.1 Å². The summed E-state index contributed by atoms with van der Waals surface area (Å²) in [6.07, 6.45) is 5.37. The van der Waals surface area contributed by atoms with Crippen molar-refractivity contribution in [3.8, 4) is 5.69 Å². The van der Waals surface area contributed by atoms with Crippen LogP contribution in [0.5, 0.6) is 0 Å². The first kappa shape index (κ1) is 20.1. The fourth-order valence-electron chi connectivity index (χ4n) is 3.81. The van der Waals surface area contributed by atoms with E-state index in [0.29, 0.717) is 30.1 Å². The number of amides is 1. The van der Waals surface area contributed by atoms with Crippen LogP contribution >= 0.6 is 11.6 Å². The molecule has 9 heteroatoms. The molecule has 1 atom stereocenters. The first-order chi connectivity index (χ1) is 14.3. The maximum atomic E-state index is 13.0. The van der Waals surface area contributed by atoms with Gasteiger partial charge < -0.3 is 14.6 Å². The number of hydrogen-bond donors (Lipinski definition) is 1. The summed E-state index contributed by atoms with van der Waals surface area (Å²) in [6, 6.07) is 11.6. The fraction of sp³-hybridized carbons (Fsp3) is 0.238. The SMILES string of the molecule is O=C(c1ccc(-n2ccnc2)c([N+](=O)[O-])c1)N1CC[C@@](O)(Cc2cccc(Cl)c2)C1. The molecule has 0 bridgehead atoms. The van der Waals surface area contributed by atoms with Gasteiger partial charge in [0.15, 0.2) is 0 Å². The van der Waals surface area contributed by atoms with Crippen molar-refractivity contribution in [1.29, 1.82) is 0 Å². The summed E-state index contributed by atoms with van der Waals surface area (Å²) in [6.45, 7) is 0.516. The molecule has 154 valence electrons. The lowest BCUT2D eigenvalue weighted by molar-refractivity contribution is -0.384. The van der Waals surface area contributed by atoms with E-state index >= 15 is 0 Å². The van der Waals surface area contributed by atoms with Gasteiger partial charge in [0.1, 0.15) is 5.69 Å². The minimum Gasteiger partial charge on any atom is -0.388 e. The van der Waals surface area contributed by atoms with Crippen LogP contribution < -0.4 is 0 Å². The van der Waals surface area contributed by atoms with Crippen LogP contribution in [0.25, 0.3) is 5.69 Å². The van der Waals surface area contributed by atoms with Gasteiger partial charge >= 0.3 is 0 Å². The number of carbonyl (C=O) groups is 1. The summed E-state index contributed by atoms with van der Waals surface area (Å²) in [5.41, 5.74) is 0.167. The van der Waals surface area contributed by atoms with Crippen molar-refractivity contribution in [3.63, 3.8) is 0 Å². The molecule has 0 saturated carbocycles. The van der Waals surface area contributed by atoms with Crippen molar-refractivity contribution in [2.75, 3.05) is 13.1 Å². The van der Waals surface area contributed by atoms with Crippen LogP contribution in [0.1, 0.15) is 22.3 Å². The predicted molar refractivity (Wildman–Crippen MR) is 111 cm³/mol. The van der Waals surface area contributed by atoms with Crippen LogP contribution in [0.2, 0.25) is 5.02 Å². The second-order valence-electron chi connectivity index (χ2n) is 7.44. The van der Waals surface area contributed by atoms with Gasteiger partial charge in [-0.1, -0.05) is 23.7 Å². The molecule has 1 aliphatic rings. The molecular weight excluding hydrogens is 408 g/mol. The van der Waals surface area contributed by atoms with E-state index < -0.39 is 10.5 Å². The molecule has 4 rings (SSSR count). The third-order valence-electron chi connectivity index (χ3n) is 5.24. The zero-order valence-electron chi connectivity index (χ0n) is 15.9. The van der Waals surface area contributed by atoms with E-state index in [0.717, 1.165) is 5.56 Å². The van der Waals surface area contributed by atoms with E-state index in [4.69, 9.17) is 11.6 Å². The molecule has 0 spiro atoms. The van der Waals surface area contributed by atoms with E-state index in [2.05, 4.69) is 4.98 Å². The largest absolute Gasteiger partial charge is 0.388 e. The second-order valence-corrected chi connectivity index (χ2v) is 7.87. The predicted octanol–water partition coefficient (Wildman–Crippen LogP) is 3.25.